The Kier molecular flexibility index (Phi) is 8.65. The summed E-state index contributed by atoms with van der Waals surface area (Å²) in [6.45, 7) is 1.82. The number of benzene rings is 2. The molecule has 2 aromatic carbocycles. The maximum Gasteiger partial charge on any atom is 0.409 e. The van der Waals surface area contributed by atoms with E-state index in [1.54, 1.807) is 0 Å². The smallest absolute Gasteiger partial charge is 0.409 e. The quantitative estimate of drug-likeness (QED) is 0.517. The van der Waals surface area contributed by atoms with E-state index in [2.05, 4.69) is 24.3 Å². The van der Waals surface area contributed by atoms with E-state index in [0.29, 0.717) is 26.3 Å². The van der Waals surface area contributed by atoms with Crippen LogP contribution in [-0.4, -0.2) is 80.5 Å². The molecule has 0 fully saturated rings. The van der Waals surface area contributed by atoms with Crippen molar-refractivity contribution in [3.05, 3.63) is 59.7 Å². The van der Waals surface area contributed by atoms with Crippen LogP contribution in [0.1, 0.15) is 17.0 Å². The molecule has 0 bridgehead atoms. The normalized spacial score (nSPS) is 12.5. The van der Waals surface area contributed by atoms with Gasteiger partial charge in [-0.25, -0.2) is 4.79 Å². The van der Waals surface area contributed by atoms with Gasteiger partial charge in [-0.3, -0.25) is 0 Å². The van der Waals surface area contributed by atoms with Crippen LogP contribution < -0.4 is 0 Å². The summed E-state index contributed by atoms with van der Waals surface area (Å²) in [6, 6.07) is 16.4. The highest BCUT2D eigenvalue weighted by Crippen LogP contribution is 2.44. The lowest BCUT2D eigenvalue weighted by Crippen LogP contribution is -2.38. The van der Waals surface area contributed by atoms with Gasteiger partial charge in [0, 0.05) is 19.0 Å². The van der Waals surface area contributed by atoms with Gasteiger partial charge in [0.1, 0.15) is 6.61 Å². The lowest BCUT2D eigenvalue weighted by Gasteiger charge is -2.23. The molecule has 1 amide bonds. The SMILES string of the molecule is O=C(OCC1c2ccccc2-c2ccccc21)N(CCOCCO)CCOCCO. The molecule has 2 N–H and O–H groups in total. The first-order chi connectivity index (χ1) is 14.8. The minimum atomic E-state index is -0.433. The molecule has 1 aliphatic rings. The topological polar surface area (TPSA) is 88.5 Å². The van der Waals surface area contributed by atoms with Gasteiger partial charge >= 0.3 is 6.09 Å². The maximum atomic E-state index is 12.7. The molecule has 0 saturated carbocycles. The molecular weight excluding hydrogens is 386 g/mol. The molecule has 1 aliphatic carbocycles. The van der Waals surface area contributed by atoms with E-state index in [4.69, 9.17) is 24.4 Å². The Morgan fingerprint density at radius 1 is 0.800 bits per heavy atom. The number of hydrogen-bond donors (Lipinski definition) is 2. The molecule has 30 heavy (non-hydrogen) atoms. The minimum absolute atomic E-state index is 0.000483. The van der Waals surface area contributed by atoms with Crippen molar-refractivity contribution < 1.29 is 29.2 Å². The fraction of sp³-hybridized carbons (Fsp3) is 0.435. The number of carbonyl (C=O) groups excluding carboxylic acids is 1. The van der Waals surface area contributed by atoms with Crippen molar-refractivity contribution in [2.45, 2.75) is 5.92 Å². The fourth-order valence-corrected chi connectivity index (χ4v) is 3.66. The Labute approximate surface area is 176 Å². The highest BCUT2D eigenvalue weighted by atomic mass is 16.6. The number of aliphatic hydroxyl groups excluding tert-OH is 2. The number of amides is 1. The number of nitrogens with zero attached hydrogens (tertiary/aromatic N) is 1. The second-order valence-electron chi connectivity index (χ2n) is 6.96. The van der Waals surface area contributed by atoms with Crippen molar-refractivity contribution in [2.24, 2.45) is 0 Å². The van der Waals surface area contributed by atoms with E-state index >= 15 is 0 Å². The van der Waals surface area contributed by atoms with Crippen LogP contribution in [0.5, 0.6) is 0 Å². The number of aliphatic hydroxyl groups is 2. The Hall–Kier alpha value is -2.45. The third-order valence-electron chi connectivity index (χ3n) is 5.08. The molecule has 2 aromatic rings. The summed E-state index contributed by atoms with van der Waals surface area (Å²) in [6.07, 6.45) is -0.433. The van der Waals surface area contributed by atoms with E-state index < -0.39 is 6.09 Å². The summed E-state index contributed by atoms with van der Waals surface area (Å²) in [5, 5.41) is 17.7. The first-order valence-corrected chi connectivity index (χ1v) is 10.2. The van der Waals surface area contributed by atoms with Gasteiger partial charge < -0.3 is 29.3 Å². The van der Waals surface area contributed by atoms with Crippen molar-refractivity contribution in [1.82, 2.24) is 4.90 Å². The van der Waals surface area contributed by atoms with E-state index in [1.165, 1.54) is 16.0 Å². The Morgan fingerprint density at radius 3 is 1.80 bits per heavy atom. The zero-order chi connectivity index (χ0) is 21.2. The third kappa shape index (κ3) is 5.58. The molecule has 0 saturated heterocycles. The molecule has 0 atom stereocenters. The molecule has 7 heteroatoms. The van der Waals surface area contributed by atoms with Crippen molar-refractivity contribution in [3.8, 4) is 11.1 Å². The zero-order valence-corrected chi connectivity index (χ0v) is 17.0. The molecule has 162 valence electrons. The summed E-state index contributed by atoms with van der Waals surface area (Å²) in [4.78, 5) is 14.3. The lowest BCUT2D eigenvalue weighted by atomic mass is 9.98. The molecule has 3 rings (SSSR count). The van der Waals surface area contributed by atoms with Gasteiger partial charge in [0.2, 0.25) is 0 Å². The van der Waals surface area contributed by atoms with Crippen LogP contribution in [0.4, 0.5) is 4.79 Å². The predicted molar refractivity (Wildman–Crippen MR) is 112 cm³/mol. The van der Waals surface area contributed by atoms with Crippen molar-refractivity contribution >= 4 is 6.09 Å². The number of ether oxygens (including phenoxy) is 3. The number of fused-ring (bicyclic) bond motifs is 3. The van der Waals surface area contributed by atoms with Crippen LogP contribution >= 0.6 is 0 Å². The van der Waals surface area contributed by atoms with Gasteiger partial charge in [0.25, 0.3) is 0 Å². The highest BCUT2D eigenvalue weighted by molar-refractivity contribution is 5.79. The van der Waals surface area contributed by atoms with Crippen LogP contribution in [0.2, 0.25) is 0 Å². The van der Waals surface area contributed by atoms with Crippen LogP contribution in [0.15, 0.2) is 48.5 Å². The second kappa shape index (κ2) is 11.7. The molecule has 0 spiro atoms. The van der Waals surface area contributed by atoms with Gasteiger partial charge in [0.15, 0.2) is 0 Å². The van der Waals surface area contributed by atoms with E-state index in [1.807, 2.05) is 24.3 Å². The second-order valence-corrected chi connectivity index (χ2v) is 6.96. The number of carbonyl (C=O) groups is 1. The van der Waals surface area contributed by atoms with Crippen LogP contribution in [-0.2, 0) is 14.2 Å². The zero-order valence-electron chi connectivity index (χ0n) is 17.0. The summed E-state index contributed by atoms with van der Waals surface area (Å²) >= 11 is 0. The Bertz CT molecular complexity index is 754. The first kappa shape index (κ1) is 22.2. The largest absolute Gasteiger partial charge is 0.448 e. The Morgan fingerprint density at radius 2 is 1.30 bits per heavy atom. The van der Waals surface area contributed by atoms with Gasteiger partial charge in [-0.2, -0.15) is 0 Å². The molecule has 0 aromatic heterocycles. The lowest BCUT2D eigenvalue weighted by molar-refractivity contribution is 0.0406. The van der Waals surface area contributed by atoms with Crippen LogP contribution in [0, 0.1) is 0 Å². The summed E-state index contributed by atoms with van der Waals surface area (Å²) in [5.41, 5.74) is 4.69. The average molecular weight is 415 g/mol. The van der Waals surface area contributed by atoms with Gasteiger partial charge in [0.05, 0.1) is 39.6 Å². The average Bonchev–Trinajstić information content (AvgIpc) is 3.10. The molecule has 0 aliphatic heterocycles. The van der Waals surface area contributed by atoms with E-state index in [0.717, 1.165) is 11.1 Å². The van der Waals surface area contributed by atoms with E-state index in [9.17, 15) is 4.79 Å². The fourth-order valence-electron chi connectivity index (χ4n) is 3.66. The van der Waals surface area contributed by atoms with Crippen LogP contribution in [0.25, 0.3) is 11.1 Å². The monoisotopic (exact) mass is 415 g/mol. The van der Waals surface area contributed by atoms with Crippen molar-refractivity contribution in [1.29, 1.82) is 0 Å². The molecule has 0 unspecified atom stereocenters. The molecule has 7 nitrogen and oxygen atoms in total. The standard InChI is InChI=1S/C23H29NO6/c25-11-15-28-13-9-24(10-14-29-16-12-26)23(27)30-17-22-20-7-3-1-5-18(20)19-6-2-4-8-21(19)22/h1-8,22,25-26H,9-17H2. The Balaban J connectivity index is 1.62. The molecular formula is C23H29NO6. The van der Waals surface area contributed by atoms with Crippen molar-refractivity contribution in [3.63, 3.8) is 0 Å². The first-order valence-electron chi connectivity index (χ1n) is 10.2. The minimum Gasteiger partial charge on any atom is -0.448 e. The van der Waals surface area contributed by atoms with Crippen molar-refractivity contribution in [2.75, 3.05) is 59.3 Å². The number of rotatable bonds is 12. The van der Waals surface area contributed by atoms with E-state index in [-0.39, 0.29) is 39.0 Å². The van der Waals surface area contributed by atoms with Gasteiger partial charge in [-0.1, -0.05) is 48.5 Å². The summed E-state index contributed by atoms with van der Waals surface area (Å²) < 4.78 is 16.3. The third-order valence-corrected chi connectivity index (χ3v) is 5.08. The van der Waals surface area contributed by atoms with Gasteiger partial charge in [-0.15, -0.1) is 0 Å². The van der Waals surface area contributed by atoms with Crippen LogP contribution in [0.3, 0.4) is 0 Å². The molecule has 0 heterocycles. The number of hydrogen-bond acceptors (Lipinski definition) is 6. The maximum absolute atomic E-state index is 12.7. The predicted octanol–water partition coefficient (Wildman–Crippen LogP) is 2.26. The highest BCUT2D eigenvalue weighted by Gasteiger charge is 2.29. The summed E-state index contributed by atoms with van der Waals surface area (Å²) in [7, 11) is 0. The molecule has 0 radical (unpaired) electrons. The summed E-state index contributed by atoms with van der Waals surface area (Å²) in [5.74, 6) is -0.000483. The van der Waals surface area contributed by atoms with Gasteiger partial charge in [-0.05, 0) is 22.3 Å².